The summed E-state index contributed by atoms with van der Waals surface area (Å²) >= 11 is 3.43. The van der Waals surface area contributed by atoms with Crippen molar-refractivity contribution in [2.24, 2.45) is 0 Å². The quantitative estimate of drug-likeness (QED) is 0.666. The smallest absolute Gasteiger partial charge is 0.104 e. The standard InChI is InChI=1S/C7H6BrN3/c1-5-7-6(8)3-2-4-11(7)10-9-5/h2-4H,1H3. The molecule has 0 bridgehead atoms. The number of hydrogen-bond acceptors (Lipinski definition) is 2. The summed E-state index contributed by atoms with van der Waals surface area (Å²) < 4.78 is 2.78. The molecule has 2 rings (SSSR count). The van der Waals surface area contributed by atoms with Gasteiger partial charge in [0, 0.05) is 10.7 Å². The maximum Gasteiger partial charge on any atom is 0.104 e. The molecule has 0 unspecified atom stereocenters. The Morgan fingerprint density at radius 3 is 3.09 bits per heavy atom. The van der Waals surface area contributed by atoms with Crippen molar-refractivity contribution in [3.63, 3.8) is 0 Å². The predicted octanol–water partition coefficient (Wildman–Crippen LogP) is 1.80. The van der Waals surface area contributed by atoms with Crippen LogP contribution in [0.1, 0.15) is 5.69 Å². The van der Waals surface area contributed by atoms with Crippen LogP contribution in [0.3, 0.4) is 0 Å². The van der Waals surface area contributed by atoms with E-state index in [0.29, 0.717) is 0 Å². The van der Waals surface area contributed by atoms with Gasteiger partial charge in [-0.3, -0.25) is 0 Å². The molecular formula is C7H6BrN3. The second-order valence-electron chi connectivity index (χ2n) is 2.32. The monoisotopic (exact) mass is 211 g/mol. The highest BCUT2D eigenvalue weighted by atomic mass is 79.9. The third kappa shape index (κ3) is 0.939. The van der Waals surface area contributed by atoms with E-state index in [-0.39, 0.29) is 0 Å². The molecule has 11 heavy (non-hydrogen) atoms. The Kier molecular flexibility index (Phi) is 1.42. The molecule has 0 amide bonds. The first-order valence-electron chi connectivity index (χ1n) is 3.25. The van der Waals surface area contributed by atoms with E-state index in [4.69, 9.17) is 0 Å². The van der Waals surface area contributed by atoms with Gasteiger partial charge in [-0.2, -0.15) is 0 Å². The van der Waals surface area contributed by atoms with Crippen molar-refractivity contribution in [1.29, 1.82) is 0 Å². The van der Waals surface area contributed by atoms with Crippen LogP contribution in [-0.2, 0) is 0 Å². The van der Waals surface area contributed by atoms with Crippen molar-refractivity contribution in [3.05, 3.63) is 28.5 Å². The Hall–Kier alpha value is -0.900. The highest BCUT2D eigenvalue weighted by Crippen LogP contribution is 2.18. The summed E-state index contributed by atoms with van der Waals surface area (Å²) in [6.45, 7) is 1.94. The van der Waals surface area contributed by atoms with Gasteiger partial charge < -0.3 is 0 Å². The molecule has 0 aliphatic heterocycles. The number of fused-ring (bicyclic) bond motifs is 1. The normalized spacial score (nSPS) is 10.7. The van der Waals surface area contributed by atoms with Gasteiger partial charge in [0.25, 0.3) is 0 Å². The molecule has 4 heteroatoms. The number of pyridine rings is 1. The third-order valence-electron chi connectivity index (χ3n) is 1.56. The van der Waals surface area contributed by atoms with E-state index in [1.165, 1.54) is 0 Å². The summed E-state index contributed by atoms with van der Waals surface area (Å²) in [5, 5.41) is 7.86. The molecule has 0 saturated carbocycles. The van der Waals surface area contributed by atoms with Crippen LogP contribution >= 0.6 is 15.9 Å². The first-order chi connectivity index (χ1) is 5.29. The molecule has 0 aliphatic rings. The van der Waals surface area contributed by atoms with Crippen LogP contribution in [0.2, 0.25) is 0 Å². The number of aryl methyl sites for hydroxylation is 1. The highest BCUT2D eigenvalue weighted by Gasteiger charge is 2.02. The van der Waals surface area contributed by atoms with Gasteiger partial charge >= 0.3 is 0 Å². The van der Waals surface area contributed by atoms with Crippen LogP contribution in [0.5, 0.6) is 0 Å². The Balaban J connectivity index is 2.96. The Labute approximate surface area is 72.2 Å². The van der Waals surface area contributed by atoms with Crippen LogP contribution in [0, 0.1) is 6.92 Å². The van der Waals surface area contributed by atoms with Gasteiger partial charge in [0.15, 0.2) is 0 Å². The molecule has 3 nitrogen and oxygen atoms in total. The zero-order chi connectivity index (χ0) is 7.84. The molecule has 0 atom stereocenters. The van der Waals surface area contributed by atoms with Crippen molar-refractivity contribution in [2.75, 3.05) is 0 Å². The number of aromatic nitrogens is 3. The summed E-state index contributed by atoms with van der Waals surface area (Å²) in [6, 6.07) is 3.90. The molecule has 2 aromatic heterocycles. The zero-order valence-corrected chi connectivity index (χ0v) is 7.54. The Morgan fingerprint density at radius 1 is 1.55 bits per heavy atom. The van der Waals surface area contributed by atoms with Gasteiger partial charge in [-0.25, -0.2) is 4.52 Å². The van der Waals surface area contributed by atoms with Crippen LogP contribution in [0.25, 0.3) is 5.52 Å². The highest BCUT2D eigenvalue weighted by molar-refractivity contribution is 9.10. The molecule has 0 radical (unpaired) electrons. The second kappa shape index (κ2) is 2.30. The fourth-order valence-electron chi connectivity index (χ4n) is 1.05. The maximum atomic E-state index is 3.94. The number of halogens is 1. The van der Waals surface area contributed by atoms with E-state index in [1.54, 1.807) is 4.52 Å². The summed E-state index contributed by atoms with van der Waals surface area (Å²) in [5.74, 6) is 0. The van der Waals surface area contributed by atoms with Crippen molar-refractivity contribution < 1.29 is 0 Å². The number of rotatable bonds is 0. The summed E-state index contributed by atoms with van der Waals surface area (Å²) in [4.78, 5) is 0. The van der Waals surface area contributed by atoms with E-state index < -0.39 is 0 Å². The summed E-state index contributed by atoms with van der Waals surface area (Å²) in [5.41, 5.74) is 1.98. The van der Waals surface area contributed by atoms with Gasteiger partial charge in [-0.15, -0.1) is 5.10 Å². The number of hydrogen-bond donors (Lipinski definition) is 0. The lowest BCUT2D eigenvalue weighted by atomic mass is 10.3. The molecule has 0 N–H and O–H groups in total. The van der Waals surface area contributed by atoms with Crippen molar-refractivity contribution >= 4 is 21.4 Å². The molecule has 2 heterocycles. The molecular weight excluding hydrogens is 206 g/mol. The summed E-state index contributed by atoms with van der Waals surface area (Å²) in [7, 11) is 0. The van der Waals surface area contributed by atoms with Gasteiger partial charge in [0.05, 0.1) is 5.69 Å². The molecule has 0 aliphatic carbocycles. The Morgan fingerprint density at radius 2 is 2.36 bits per heavy atom. The maximum absolute atomic E-state index is 3.94. The third-order valence-corrected chi connectivity index (χ3v) is 2.20. The molecule has 0 aromatic carbocycles. The van der Waals surface area contributed by atoms with E-state index in [1.807, 2.05) is 25.3 Å². The fourth-order valence-corrected chi connectivity index (χ4v) is 1.67. The van der Waals surface area contributed by atoms with Gasteiger partial charge in [0.1, 0.15) is 5.52 Å². The van der Waals surface area contributed by atoms with E-state index in [2.05, 4.69) is 26.2 Å². The average Bonchev–Trinajstić information content (AvgIpc) is 2.34. The largest absolute Gasteiger partial charge is 0.219 e. The van der Waals surface area contributed by atoms with Crippen LogP contribution in [-0.4, -0.2) is 14.8 Å². The first-order valence-corrected chi connectivity index (χ1v) is 4.04. The fraction of sp³-hybridized carbons (Fsp3) is 0.143. The minimum atomic E-state index is 0.942. The van der Waals surface area contributed by atoms with Crippen LogP contribution < -0.4 is 0 Å². The Bertz CT molecular complexity index is 393. The minimum Gasteiger partial charge on any atom is -0.219 e. The van der Waals surface area contributed by atoms with Crippen molar-refractivity contribution in [1.82, 2.24) is 14.8 Å². The molecule has 0 spiro atoms. The predicted molar refractivity (Wildman–Crippen MR) is 45.4 cm³/mol. The average molecular weight is 212 g/mol. The van der Waals surface area contributed by atoms with E-state index in [9.17, 15) is 0 Å². The van der Waals surface area contributed by atoms with Crippen molar-refractivity contribution in [2.45, 2.75) is 6.92 Å². The number of nitrogens with zero attached hydrogens (tertiary/aromatic N) is 3. The van der Waals surface area contributed by atoms with E-state index >= 15 is 0 Å². The van der Waals surface area contributed by atoms with Gasteiger partial charge in [0.2, 0.25) is 0 Å². The van der Waals surface area contributed by atoms with Gasteiger partial charge in [-0.1, -0.05) is 5.21 Å². The van der Waals surface area contributed by atoms with Gasteiger partial charge in [-0.05, 0) is 35.0 Å². The summed E-state index contributed by atoms with van der Waals surface area (Å²) in [6.07, 6.45) is 1.88. The SMILES string of the molecule is Cc1nnn2cccc(Br)c12. The zero-order valence-electron chi connectivity index (χ0n) is 5.95. The lowest BCUT2D eigenvalue weighted by molar-refractivity contribution is 0.848. The molecule has 2 aromatic rings. The minimum absolute atomic E-state index is 0.942. The van der Waals surface area contributed by atoms with Crippen LogP contribution in [0.4, 0.5) is 0 Å². The molecule has 0 fully saturated rings. The lowest BCUT2D eigenvalue weighted by Gasteiger charge is -1.93. The topological polar surface area (TPSA) is 30.2 Å². The lowest BCUT2D eigenvalue weighted by Crippen LogP contribution is -1.85. The molecule has 0 saturated heterocycles. The van der Waals surface area contributed by atoms with E-state index in [0.717, 1.165) is 15.7 Å². The second-order valence-corrected chi connectivity index (χ2v) is 3.18. The van der Waals surface area contributed by atoms with Crippen molar-refractivity contribution in [3.8, 4) is 0 Å². The van der Waals surface area contributed by atoms with Crippen LogP contribution in [0.15, 0.2) is 22.8 Å². The first kappa shape index (κ1) is 6.79. The molecule has 56 valence electrons.